The van der Waals surface area contributed by atoms with Crippen LogP contribution >= 0.6 is 0 Å². The van der Waals surface area contributed by atoms with Gasteiger partial charge >= 0.3 is 0 Å². The van der Waals surface area contributed by atoms with Crippen LogP contribution in [0.2, 0.25) is 0 Å². The van der Waals surface area contributed by atoms with E-state index in [1.165, 1.54) is 12.1 Å². The number of nitrogens with zero attached hydrogens (tertiary/aromatic N) is 1. The van der Waals surface area contributed by atoms with Crippen molar-refractivity contribution in [1.29, 1.82) is 0 Å². The highest BCUT2D eigenvalue weighted by atomic mass is 32.2. The van der Waals surface area contributed by atoms with Crippen molar-refractivity contribution >= 4 is 21.8 Å². The second-order valence-corrected chi connectivity index (χ2v) is 7.75. The van der Waals surface area contributed by atoms with Crippen LogP contribution < -0.4 is 10.5 Å². The molecule has 0 radical (unpaired) electrons. The van der Waals surface area contributed by atoms with Crippen LogP contribution in [-0.2, 0) is 26.0 Å². The van der Waals surface area contributed by atoms with E-state index >= 15 is 0 Å². The topological polar surface area (TPSA) is 110 Å². The third-order valence-electron chi connectivity index (χ3n) is 4.48. The summed E-state index contributed by atoms with van der Waals surface area (Å²) in [5.41, 5.74) is 0.902. The lowest BCUT2D eigenvalue weighted by molar-refractivity contribution is -0.134. The molecule has 2 atom stereocenters. The van der Waals surface area contributed by atoms with Gasteiger partial charge in [0.2, 0.25) is 21.8 Å². The first-order valence-corrected chi connectivity index (χ1v) is 10.0. The van der Waals surface area contributed by atoms with E-state index in [9.17, 15) is 18.0 Å². The largest absolute Gasteiger partial charge is 0.356 e. The van der Waals surface area contributed by atoms with Gasteiger partial charge in [-0.2, -0.15) is 0 Å². The fourth-order valence-corrected chi connectivity index (χ4v) is 3.35. The predicted octanol–water partition coefficient (Wildman–Crippen LogP) is 0.497. The molecule has 3 N–H and O–H groups in total. The Hall–Kier alpha value is -1.93. The molecule has 1 fully saturated rings. The van der Waals surface area contributed by atoms with Gasteiger partial charge in [0.05, 0.1) is 16.7 Å². The van der Waals surface area contributed by atoms with Gasteiger partial charge in [0.15, 0.2) is 0 Å². The summed E-state index contributed by atoms with van der Waals surface area (Å²) in [5.74, 6) is -0.442. The maximum Gasteiger partial charge on any atom is 0.238 e. The van der Waals surface area contributed by atoms with Gasteiger partial charge in [-0.15, -0.1) is 0 Å². The molecule has 0 saturated heterocycles. The van der Waals surface area contributed by atoms with E-state index in [0.29, 0.717) is 32.5 Å². The average molecular weight is 367 g/mol. The fraction of sp³-hybridized carbons (Fsp3) is 0.529. The van der Waals surface area contributed by atoms with Crippen molar-refractivity contribution in [3.63, 3.8) is 0 Å². The van der Waals surface area contributed by atoms with Gasteiger partial charge in [0.1, 0.15) is 0 Å². The Labute approximate surface area is 148 Å². The minimum absolute atomic E-state index is 0.0590. The van der Waals surface area contributed by atoms with Crippen molar-refractivity contribution < 1.29 is 18.0 Å². The molecule has 1 aliphatic carbocycles. The van der Waals surface area contributed by atoms with Gasteiger partial charge in [-0.1, -0.05) is 12.1 Å². The Morgan fingerprint density at radius 1 is 1.16 bits per heavy atom. The SMILES string of the molecule is CCN(CC)C(=O)C1CC1C(=O)NCCc1ccc(S(N)(=O)=O)cc1. The number of primary sulfonamides is 1. The molecule has 138 valence electrons. The fourth-order valence-electron chi connectivity index (χ4n) is 2.83. The maximum atomic E-state index is 12.2. The zero-order valence-corrected chi connectivity index (χ0v) is 15.4. The first-order valence-electron chi connectivity index (χ1n) is 8.46. The second-order valence-electron chi connectivity index (χ2n) is 6.19. The van der Waals surface area contributed by atoms with Gasteiger partial charge in [-0.05, 0) is 44.4 Å². The third-order valence-corrected chi connectivity index (χ3v) is 5.41. The zero-order valence-electron chi connectivity index (χ0n) is 14.6. The zero-order chi connectivity index (χ0) is 18.6. The molecule has 8 heteroatoms. The van der Waals surface area contributed by atoms with Crippen molar-refractivity contribution in [2.75, 3.05) is 19.6 Å². The van der Waals surface area contributed by atoms with Gasteiger partial charge in [-0.25, -0.2) is 13.6 Å². The molecule has 0 spiro atoms. The molecule has 2 rings (SSSR count). The van der Waals surface area contributed by atoms with Gasteiger partial charge in [0.25, 0.3) is 0 Å². The predicted molar refractivity (Wildman–Crippen MR) is 94.1 cm³/mol. The Balaban J connectivity index is 1.77. The average Bonchev–Trinajstić information content (AvgIpc) is 3.36. The maximum absolute atomic E-state index is 12.2. The number of hydrogen-bond donors (Lipinski definition) is 2. The molecule has 1 aliphatic rings. The van der Waals surface area contributed by atoms with Crippen molar-refractivity contribution in [1.82, 2.24) is 10.2 Å². The Morgan fingerprint density at radius 3 is 2.28 bits per heavy atom. The molecule has 1 aromatic rings. The van der Waals surface area contributed by atoms with E-state index in [2.05, 4.69) is 5.32 Å². The van der Waals surface area contributed by atoms with Crippen LogP contribution in [0.4, 0.5) is 0 Å². The first kappa shape index (κ1) is 19.4. The number of nitrogens with one attached hydrogen (secondary N) is 1. The van der Waals surface area contributed by atoms with Crippen LogP contribution in [0.1, 0.15) is 25.8 Å². The Bertz CT molecular complexity index is 727. The molecule has 2 unspecified atom stereocenters. The molecule has 1 aromatic carbocycles. The summed E-state index contributed by atoms with van der Waals surface area (Å²) >= 11 is 0. The smallest absolute Gasteiger partial charge is 0.238 e. The van der Waals surface area contributed by atoms with Gasteiger partial charge < -0.3 is 10.2 Å². The minimum atomic E-state index is -3.69. The number of carbonyl (C=O) groups is 2. The highest BCUT2D eigenvalue weighted by molar-refractivity contribution is 7.89. The van der Waals surface area contributed by atoms with Crippen molar-refractivity contribution in [3.05, 3.63) is 29.8 Å². The summed E-state index contributed by atoms with van der Waals surface area (Å²) in [5, 5.41) is 7.89. The quantitative estimate of drug-likeness (QED) is 0.697. The van der Waals surface area contributed by atoms with E-state index in [1.54, 1.807) is 17.0 Å². The van der Waals surface area contributed by atoms with Crippen LogP contribution in [0.3, 0.4) is 0 Å². The van der Waals surface area contributed by atoms with Crippen molar-refractivity contribution in [2.24, 2.45) is 17.0 Å². The van der Waals surface area contributed by atoms with Crippen molar-refractivity contribution in [2.45, 2.75) is 31.6 Å². The second kappa shape index (κ2) is 7.97. The molecule has 0 aliphatic heterocycles. The summed E-state index contributed by atoms with van der Waals surface area (Å²) in [6, 6.07) is 6.25. The number of nitrogens with two attached hydrogens (primary N) is 1. The highest BCUT2D eigenvalue weighted by Crippen LogP contribution is 2.40. The standard InChI is InChI=1S/C17H25N3O4S/c1-3-20(4-2)17(22)15-11-14(15)16(21)19-10-9-12-5-7-13(8-6-12)25(18,23)24/h5-8,14-15H,3-4,9-11H2,1-2H3,(H,19,21)(H2,18,23,24). The van der Waals surface area contributed by atoms with Crippen molar-refractivity contribution in [3.8, 4) is 0 Å². The van der Waals surface area contributed by atoms with E-state index in [4.69, 9.17) is 5.14 Å². The molecule has 25 heavy (non-hydrogen) atoms. The molecule has 0 bridgehead atoms. The summed E-state index contributed by atoms with van der Waals surface area (Å²) in [7, 11) is -3.69. The Morgan fingerprint density at radius 2 is 1.76 bits per heavy atom. The number of rotatable bonds is 8. The minimum Gasteiger partial charge on any atom is -0.356 e. The molecule has 1 saturated carbocycles. The lowest BCUT2D eigenvalue weighted by Crippen LogP contribution is -2.34. The highest BCUT2D eigenvalue weighted by Gasteiger charge is 2.48. The van der Waals surface area contributed by atoms with Crippen LogP contribution in [0, 0.1) is 11.8 Å². The number of hydrogen-bond acceptors (Lipinski definition) is 4. The number of carbonyl (C=O) groups excluding carboxylic acids is 2. The van der Waals surface area contributed by atoms with Crippen LogP contribution in [0.25, 0.3) is 0 Å². The number of sulfonamides is 1. The Kier molecular flexibility index (Phi) is 6.18. The van der Waals surface area contributed by atoms with Crippen LogP contribution in [0.5, 0.6) is 0 Å². The third kappa shape index (κ3) is 5.02. The van der Waals surface area contributed by atoms with Gasteiger partial charge in [-0.3, -0.25) is 9.59 Å². The molecule has 0 aromatic heterocycles. The van der Waals surface area contributed by atoms with Crippen LogP contribution in [0.15, 0.2) is 29.2 Å². The first-order chi connectivity index (χ1) is 11.8. The molecule has 7 nitrogen and oxygen atoms in total. The van der Waals surface area contributed by atoms with E-state index in [-0.39, 0.29) is 28.5 Å². The lowest BCUT2D eigenvalue weighted by atomic mass is 10.1. The van der Waals surface area contributed by atoms with E-state index in [1.807, 2.05) is 13.8 Å². The van der Waals surface area contributed by atoms with E-state index in [0.717, 1.165) is 5.56 Å². The number of amides is 2. The summed E-state index contributed by atoms with van der Waals surface area (Å²) in [6.07, 6.45) is 1.20. The van der Waals surface area contributed by atoms with E-state index < -0.39 is 10.0 Å². The van der Waals surface area contributed by atoms with Gasteiger partial charge in [0, 0.05) is 19.6 Å². The monoisotopic (exact) mass is 367 g/mol. The summed E-state index contributed by atoms with van der Waals surface area (Å²) in [6.45, 7) is 5.62. The number of benzene rings is 1. The normalized spacial score (nSPS) is 19.3. The molecule has 2 amide bonds. The summed E-state index contributed by atoms with van der Waals surface area (Å²) in [4.78, 5) is 26.1. The molecule has 0 heterocycles. The lowest BCUT2D eigenvalue weighted by Gasteiger charge is -2.18. The summed E-state index contributed by atoms with van der Waals surface area (Å²) < 4.78 is 22.4. The van der Waals surface area contributed by atoms with Crippen LogP contribution in [-0.4, -0.2) is 44.8 Å². The molecular weight excluding hydrogens is 342 g/mol. The molecular formula is C17H25N3O4S.